The number of aryl methyl sites for hydroxylation is 1. The topological polar surface area (TPSA) is 41.1 Å². The van der Waals surface area contributed by atoms with Crippen molar-refractivity contribution in [3.05, 3.63) is 70.8 Å². The summed E-state index contributed by atoms with van der Waals surface area (Å²) in [5.41, 5.74) is 4.91. The predicted molar refractivity (Wildman–Crippen MR) is 93.5 cm³/mol. The molecule has 2 atom stereocenters. The van der Waals surface area contributed by atoms with E-state index in [1.165, 1.54) is 16.7 Å². The molecule has 1 aliphatic heterocycles. The second-order valence-electron chi connectivity index (χ2n) is 6.44. The highest BCUT2D eigenvalue weighted by atomic mass is 16.1. The third kappa shape index (κ3) is 3.62. The number of carbonyl (C=O) groups excluding carboxylic acids is 1. The minimum atomic E-state index is -0.0924. The van der Waals surface area contributed by atoms with Crippen molar-refractivity contribution in [1.29, 1.82) is 0 Å². The molecule has 1 heterocycles. The number of nitrogens with one attached hydrogen (secondary N) is 2. The van der Waals surface area contributed by atoms with Crippen LogP contribution >= 0.6 is 0 Å². The quantitative estimate of drug-likeness (QED) is 0.911. The molecule has 1 aliphatic rings. The Hall–Kier alpha value is -2.13. The number of hydrogen-bond acceptors (Lipinski definition) is 2. The van der Waals surface area contributed by atoms with E-state index in [9.17, 15) is 4.79 Å². The monoisotopic (exact) mass is 308 g/mol. The van der Waals surface area contributed by atoms with E-state index in [0.29, 0.717) is 19.0 Å². The van der Waals surface area contributed by atoms with Gasteiger partial charge in [-0.15, -0.1) is 0 Å². The van der Waals surface area contributed by atoms with Gasteiger partial charge in [-0.1, -0.05) is 61.0 Å². The van der Waals surface area contributed by atoms with Gasteiger partial charge < -0.3 is 10.6 Å². The third-order valence-corrected chi connectivity index (χ3v) is 4.64. The number of hydrogen-bond donors (Lipinski definition) is 2. The van der Waals surface area contributed by atoms with Crippen LogP contribution in [-0.2, 0) is 11.3 Å². The minimum Gasteiger partial charge on any atom is -0.355 e. The van der Waals surface area contributed by atoms with Gasteiger partial charge in [0.05, 0.1) is 5.92 Å². The first-order chi connectivity index (χ1) is 11.1. The molecule has 2 aromatic carbocycles. The molecule has 2 aromatic rings. The number of benzene rings is 2. The Morgan fingerprint density at radius 1 is 1.22 bits per heavy atom. The molecule has 2 unspecified atom stereocenters. The van der Waals surface area contributed by atoms with Gasteiger partial charge in [0.1, 0.15) is 0 Å². The lowest BCUT2D eigenvalue weighted by Crippen LogP contribution is -2.40. The molecule has 0 spiro atoms. The van der Waals surface area contributed by atoms with Gasteiger partial charge in [0, 0.05) is 19.6 Å². The summed E-state index contributed by atoms with van der Waals surface area (Å²) in [5, 5.41) is 6.46. The maximum atomic E-state index is 12.6. The van der Waals surface area contributed by atoms with Crippen LogP contribution in [0, 0.1) is 6.92 Å². The number of carbonyl (C=O) groups is 1. The molecule has 0 radical (unpaired) electrons. The van der Waals surface area contributed by atoms with Crippen molar-refractivity contribution in [1.82, 2.24) is 10.6 Å². The van der Waals surface area contributed by atoms with Crippen molar-refractivity contribution in [2.75, 3.05) is 13.1 Å². The van der Waals surface area contributed by atoms with E-state index >= 15 is 0 Å². The zero-order valence-corrected chi connectivity index (χ0v) is 13.8. The zero-order chi connectivity index (χ0) is 16.2. The van der Waals surface area contributed by atoms with Crippen LogP contribution < -0.4 is 10.6 Å². The highest BCUT2D eigenvalue weighted by molar-refractivity contribution is 5.84. The first kappa shape index (κ1) is 15.8. The summed E-state index contributed by atoms with van der Waals surface area (Å²) >= 11 is 0. The van der Waals surface area contributed by atoms with Gasteiger partial charge in [0.2, 0.25) is 5.91 Å². The third-order valence-electron chi connectivity index (χ3n) is 4.64. The van der Waals surface area contributed by atoms with Gasteiger partial charge in [-0.05, 0) is 29.5 Å². The van der Waals surface area contributed by atoms with Crippen LogP contribution in [0.25, 0.3) is 0 Å². The Bertz CT molecular complexity index is 678. The highest BCUT2D eigenvalue weighted by Gasteiger charge is 2.26. The van der Waals surface area contributed by atoms with E-state index in [2.05, 4.69) is 60.9 Å². The van der Waals surface area contributed by atoms with Crippen LogP contribution in [0.1, 0.15) is 41.0 Å². The molecule has 3 rings (SSSR count). The number of rotatable bonds is 4. The lowest BCUT2D eigenvalue weighted by atomic mass is 9.90. The van der Waals surface area contributed by atoms with Crippen molar-refractivity contribution in [3.8, 4) is 0 Å². The molecule has 0 saturated heterocycles. The van der Waals surface area contributed by atoms with Gasteiger partial charge in [-0.3, -0.25) is 4.79 Å². The van der Waals surface area contributed by atoms with Gasteiger partial charge in [0.25, 0.3) is 0 Å². The Balaban J connectivity index is 1.63. The van der Waals surface area contributed by atoms with Crippen molar-refractivity contribution in [2.45, 2.75) is 32.2 Å². The lowest BCUT2D eigenvalue weighted by Gasteiger charge is -2.26. The van der Waals surface area contributed by atoms with E-state index in [1.807, 2.05) is 12.1 Å². The van der Waals surface area contributed by atoms with Crippen LogP contribution in [0.3, 0.4) is 0 Å². The standard InChI is InChI=1S/C20H24N2O/c1-14-7-9-16(10-8-14)15(2)11-22-20(23)19-13-21-12-17-5-3-4-6-18(17)19/h3-10,15,19,21H,11-13H2,1-2H3,(H,22,23). The summed E-state index contributed by atoms with van der Waals surface area (Å²) in [6.45, 7) is 6.46. The van der Waals surface area contributed by atoms with Gasteiger partial charge >= 0.3 is 0 Å². The zero-order valence-electron chi connectivity index (χ0n) is 13.8. The van der Waals surface area contributed by atoms with Crippen LogP contribution in [-0.4, -0.2) is 19.0 Å². The molecular weight excluding hydrogens is 284 g/mol. The predicted octanol–water partition coefficient (Wildman–Crippen LogP) is 3.10. The van der Waals surface area contributed by atoms with E-state index in [1.54, 1.807) is 0 Å². The van der Waals surface area contributed by atoms with E-state index in [4.69, 9.17) is 0 Å². The highest BCUT2D eigenvalue weighted by Crippen LogP contribution is 2.24. The van der Waals surface area contributed by atoms with Crippen LogP contribution in [0.2, 0.25) is 0 Å². The molecule has 120 valence electrons. The van der Waals surface area contributed by atoms with Gasteiger partial charge in [-0.25, -0.2) is 0 Å². The molecule has 2 N–H and O–H groups in total. The molecule has 0 aliphatic carbocycles. The maximum absolute atomic E-state index is 12.6. The Labute approximate surface area is 138 Å². The van der Waals surface area contributed by atoms with E-state index < -0.39 is 0 Å². The molecule has 3 heteroatoms. The van der Waals surface area contributed by atoms with Crippen LogP contribution in [0.4, 0.5) is 0 Å². The molecule has 23 heavy (non-hydrogen) atoms. The molecule has 3 nitrogen and oxygen atoms in total. The van der Waals surface area contributed by atoms with Crippen LogP contribution in [0.15, 0.2) is 48.5 Å². The van der Waals surface area contributed by atoms with Crippen LogP contribution in [0.5, 0.6) is 0 Å². The largest absolute Gasteiger partial charge is 0.355 e. The average molecular weight is 308 g/mol. The fraction of sp³-hybridized carbons (Fsp3) is 0.350. The second-order valence-corrected chi connectivity index (χ2v) is 6.44. The first-order valence-electron chi connectivity index (χ1n) is 8.28. The normalized spacial score (nSPS) is 18.1. The Kier molecular flexibility index (Phi) is 4.77. The fourth-order valence-corrected chi connectivity index (χ4v) is 3.12. The number of amides is 1. The minimum absolute atomic E-state index is 0.0924. The van der Waals surface area contributed by atoms with E-state index in [-0.39, 0.29) is 11.8 Å². The molecule has 0 aromatic heterocycles. The van der Waals surface area contributed by atoms with Crippen molar-refractivity contribution >= 4 is 5.91 Å². The van der Waals surface area contributed by atoms with Gasteiger partial charge in [0.15, 0.2) is 0 Å². The average Bonchev–Trinajstić information content (AvgIpc) is 2.59. The first-order valence-corrected chi connectivity index (χ1v) is 8.28. The summed E-state index contributed by atoms with van der Waals surface area (Å²) in [7, 11) is 0. The second kappa shape index (κ2) is 6.97. The SMILES string of the molecule is Cc1ccc(C(C)CNC(=O)C2CNCc3ccccc32)cc1. The molecular formula is C20H24N2O. The van der Waals surface area contributed by atoms with Crippen molar-refractivity contribution < 1.29 is 4.79 Å². The summed E-state index contributed by atoms with van der Waals surface area (Å²) in [6, 6.07) is 16.7. The summed E-state index contributed by atoms with van der Waals surface area (Å²) < 4.78 is 0. The Morgan fingerprint density at radius 2 is 1.96 bits per heavy atom. The summed E-state index contributed by atoms with van der Waals surface area (Å²) in [5.74, 6) is 0.333. The molecule has 0 saturated carbocycles. The summed E-state index contributed by atoms with van der Waals surface area (Å²) in [6.07, 6.45) is 0. The maximum Gasteiger partial charge on any atom is 0.228 e. The van der Waals surface area contributed by atoms with Gasteiger partial charge in [-0.2, -0.15) is 0 Å². The smallest absolute Gasteiger partial charge is 0.228 e. The molecule has 0 bridgehead atoms. The lowest BCUT2D eigenvalue weighted by molar-refractivity contribution is -0.122. The molecule has 0 fully saturated rings. The fourth-order valence-electron chi connectivity index (χ4n) is 3.12. The van der Waals surface area contributed by atoms with Crippen molar-refractivity contribution in [2.24, 2.45) is 0 Å². The Morgan fingerprint density at radius 3 is 2.74 bits per heavy atom. The number of fused-ring (bicyclic) bond motifs is 1. The summed E-state index contributed by atoms with van der Waals surface area (Å²) in [4.78, 5) is 12.6. The van der Waals surface area contributed by atoms with Crippen molar-refractivity contribution in [3.63, 3.8) is 0 Å². The van der Waals surface area contributed by atoms with E-state index in [0.717, 1.165) is 12.1 Å². The molecule has 1 amide bonds.